The number of rotatable bonds is 8. The van der Waals surface area contributed by atoms with Crippen LogP contribution in [0.15, 0.2) is 72.9 Å². The molecule has 0 radical (unpaired) electrons. The minimum atomic E-state index is -0.668. The van der Waals surface area contributed by atoms with E-state index >= 15 is 0 Å². The molecule has 0 aliphatic rings. The summed E-state index contributed by atoms with van der Waals surface area (Å²) in [6, 6.07) is 19.1. The van der Waals surface area contributed by atoms with Gasteiger partial charge in [0.25, 0.3) is 0 Å². The van der Waals surface area contributed by atoms with Crippen LogP contribution in [0.3, 0.4) is 0 Å². The van der Waals surface area contributed by atoms with Gasteiger partial charge in [-0.25, -0.2) is 14.2 Å². The molecule has 166 valence electrons. The zero-order valence-electron chi connectivity index (χ0n) is 17.8. The molecule has 8 nitrogen and oxygen atoms in total. The van der Waals surface area contributed by atoms with Crippen LogP contribution in [0.1, 0.15) is 22.5 Å². The van der Waals surface area contributed by atoms with Gasteiger partial charge in [0.05, 0.1) is 0 Å². The second-order valence-corrected chi connectivity index (χ2v) is 7.08. The lowest BCUT2D eigenvalue weighted by atomic mass is 10.2. The number of carbonyl (C=O) groups excluding carboxylic acids is 1. The third-order valence-electron chi connectivity index (χ3n) is 4.61. The maximum atomic E-state index is 13.6. The minimum absolute atomic E-state index is 0.0214. The number of hydrogen-bond acceptors (Lipinski definition) is 7. The molecule has 9 heteroatoms. The summed E-state index contributed by atoms with van der Waals surface area (Å²) in [5.74, 6) is -0.245. The maximum Gasteiger partial charge on any atom is 0.357 e. The fraction of sp³-hybridized carbons (Fsp3) is 0.125. The summed E-state index contributed by atoms with van der Waals surface area (Å²) in [4.78, 5) is 17.1. The van der Waals surface area contributed by atoms with Gasteiger partial charge in [-0.3, -0.25) is 0 Å². The molecule has 2 aromatic heterocycles. The van der Waals surface area contributed by atoms with Gasteiger partial charge in [-0.1, -0.05) is 42.5 Å². The van der Waals surface area contributed by atoms with Gasteiger partial charge in [0, 0.05) is 17.8 Å². The van der Waals surface area contributed by atoms with Crippen LogP contribution in [0.2, 0.25) is 0 Å². The van der Waals surface area contributed by atoms with Crippen molar-refractivity contribution >= 4 is 17.7 Å². The van der Waals surface area contributed by atoms with Gasteiger partial charge < -0.3 is 9.47 Å². The quantitative estimate of drug-likeness (QED) is 0.301. The number of nitrogens with zero attached hydrogens (tertiary/aromatic N) is 5. The van der Waals surface area contributed by atoms with Crippen molar-refractivity contribution in [2.45, 2.75) is 20.1 Å². The van der Waals surface area contributed by atoms with Crippen LogP contribution < -0.4 is 4.74 Å². The highest BCUT2D eigenvalue weighted by atomic mass is 19.1. The Kier molecular flexibility index (Phi) is 6.79. The SMILES string of the molecule is Cc1nnnn1/C(=C\c1cccc(F)c1)C(=O)OCc1ccc(OCc2ccccc2)nc1. The predicted octanol–water partition coefficient (Wildman–Crippen LogP) is 3.84. The van der Waals surface area contributed by atoms with E-state index in [4.69, 9.17) is 9.47 Å². The molecule has 0 spiro atoms. The molecule has 0 fully saturated rings. The summed E-state index contributed by atoms with van der Waals surface area (Å²) in [5, 5.41) is 11.2. The van der Waals surface area contributed by atoms with Crippen LogP contribution in [0, 0.1) is 12.7 Å². The molecule has 33 heavy (non-hydrogen) atoms. The molecule has 2 aromatic carbocycles. The van der Waals surface area contributed by atoms with Crippen LogP contribution in [0.4, 0.5) is 4.39 Å². The van der Waals surface area contributed by atoms with Crippen molar-refractivity contribution in [3.05, 3.63) is 101 Å². The van der Waals surface area contributed by atoms with Crippen molar-refractivity contribution < 1.29 is 18.7 Å². The normalized spacial score (nSPS) is 11.3. The molecule has 0 bridgehead atoms. The van der Waals surface area contributed by atoms with Crippen molar-refractivity contribution in [3.8, 4) is 5.88 Å². The van der Waals surface area contributed by atoms with Crippen LogP contribution >= 0.6 is 0 Å². The highest BCUT2D eigenvalue weighted by molar-refractivity contribution is 6.15. The van der Waals surface area contributed by atoms with Gasteiger partial charge in [0.1, 0.15) is 19.0 Å². The average Bonchev–Trinajstić information content (AvgIpc) is 3.26. The number of aromatic nitrogens is 5. The van der Waals surface area contributed by atoms with Crippen LogP contribution in [0.5, 0.6) is 5.88 Å². The van der Waals surface area contributed by atoms with Gasteiger partial charge in [-0.05, 0) is 52.8 Å². The first kappa shape index (κ1) is 21.8. The highest BCUT2D eigenvalue weighted by Crippen LogP contribution is 2.16. The van der Waals surface area contributed by atoms with E-state index in [1.165, 1.54) is 22.9 Å². The lowest BCUT2D eigenvalue weighted by molar-refractivity contribution is -0.138. The Bertz CT molecular complexity index is 1260. The van der Waals surface area contributed by atoms with E-state index in [0.29, 0.717) is 29.4 Å². The Morgan fingerprint density at radius 1 is 1.03 bits per heavy atom. The van der Waals surface area contributed by atoms with E-state index in [1.54, 1.807) is 37.4 Å². The van der Waals surface area contributed by atoms with Gasteiger partial charge in [0.2, 0.25) is 5.88 Å². The number of tetrazole rings is 1. The molecule has 0 aliphatic heterocycles. The number of aryl methyl sites for hydroxylation is 1. The standard InChI is InChI=1S/C24H20FN5O3/c1-17-27-28-29-30(17)22(13-19-8-5-9-21(25)12-19)24(31)33-16-20-10-11-23(26-14-20)32-15-18-6-3-2-4-7-18/h2-14H,15-16H2,1H3/b22-13-. The second kappa shape index (κ2) is 10.3. The van der Waals surface area contributed by atoms with E-state index < -0.39 is 11.8 Å². The van der Waals surface area contributed by atoms with Crippen molar-refractivity contribution in [1.82, 2.24) is 25.2 Å². The molecule has 0 aliphatic carbocycles. The largest absolute Gasteiger partial charge is 0.473 e. The molecule has 0 N–H and O–H groups in total. The van der Waals surface area contributed by atoms with E-state index in [2.05, 4.69) is 20.5 Å². The summed E-state index contributed by atoms with van der Waals surface area (Å²) in [6.07, 6.45) is 3.04. The van der Waals surface area contributed by atoms with Crippen molar-refractivity contribution in [1.29, 1.82) is 0 Å². The predicted molar refractivity (Wildman–Crippen MR) is 118 cm³/mol. The summed E-state index contributed by atoms with van der Waals surface area (Å²) in [5.41, 5.74) is 2.24. The Morgan fingerprint density at radius 3 is 2.58 bits per heavy atom. The van der Waals surface area contributed by atoms with E-state index in [-0.39, 0.29) is 12.3 Å². The number of carbonyl (C=O) groups is 1. The van der Waals surface area contributed by atoms with Crippen molar-refractivity contribution in [3.63, 3.8) is 0 Å². The maximum absolute atomic E-state index is 13.6. The van der Waals surface area contributed by atoms with Crippen LogP contribution in [0.25, 0.3) is 11.8 Å². The number of pyridine rings is 1. The lowest BCUT2D eigenvalue weighted by Crippen LogP contribution is -2.15. The number of halogens is 1. The lowest BCUT2D eigenvalue weighted by Gasteiger charge is -2.10. The first-order valence-corrected chi connectivity index (χ1v) is 10.1. The Labute approximate surface area is 189 Å². The topological polar surface area (TPSA) is 92.0 Å². The van der Waals surface area contributed by atoms with Gasteiger partial charge in [-0.15, -0.1) is 5.10 Å². The van der Waals surface area contributed by atoms with Gasteiger partial charge >= 0.3 is 5.97 Å². The number of esters is 1. The van der Waals surface area contributed by atoms with E-state index in [0.717, 1.165) is 5.56 Å². The Balaban J connectivity index is 1.42. The minimum Gasteiger partial charge on any atom is -0.473 e. The first-order chi connectivity index (χ1) is 16.1. The Hall–Kier alpha value is -4.40. The van der Waals surface area contributed by atoms with Crippen molar-refractivity contribution in [2.75, 3.05) is 0 Å². The molecule has 0 saturated carbocycles. The summed E-state index contributed by atoms with van der Waals surface area (Å²) < 4.78 is 25.9. The number of benzene rings is 2. The third-order valence-corrected chi connectivity index (χ3v) is 4.61. The van der Waals surface area contributed by atoms with Crippen LogP contribution in [-0.4, -0.2) is 31.2 Å². The summed E-state index contributed by atoms with van der Waals surface area (Å²) in [6.45, 7) is 2.03. The molecule has 0 unspecified atom stereocenters. The van der Waals surface area contributed by atoms with Gasteiger partial charge in [-0.2, -0.15) is 4.68 Å². The fourth-order valence-corrected chi connectivity index (χ4v) is 2.95. The average molecular weight is 445 g/mol. The summed E-state index contributed by atoms with van der Waals surface area (Å²) >= 11 is 0. The monoisotopic (exact) mass is 445 g/mol. The Morgan fingerprint density at radius 2 is 1.88 bits per heavy atom. The van der Waals surface area contributed by atoms with Crippen molar-refractivity contribution in [2.24, 2.45) is 0 Å². The molecular formula is C24H20FN5O3. The molecular weight excluding hydrogens is 425 g/mol. The molecule has 4 rings (SSSR count). The zero-order valence-corrected chi connectivity index (χ0v) is 17.8. The summed E-state index contributed by atoms with van der Waals surface area (Å²) in [7, 11) is 0. The third kappa shape index (κ3) is 5.85. The van der Waals surface area contributed by atoms with E-state index in [9.17, 15) is 9.18 Å². The molecule has 0 saturated heterocycles. The number of ether oxygens (including phenoxy) is 2. The second-order valence-electron chi connectivity index (χ2n) is 7.08. The number of hydrogen-bond donors (Lipinski definition) is 0. The molecule has 0 atom stereocenters. The molecule has 0 amide bonds. The van der Waals surface area contributed by atoms with Crippen LogP contribution in [-0.2, 0) is 22.7 Å². The smallest absolute Gasteiger partial charge is 0.357 e. The van der Waals surface area contributed by atoms with E-state index in [1.807, 2.05) is 30.3 Å². The zero-order chi connectivity index (χ0) is 23.0. The fourth-order valence-electron chi connectivity index (χ4n) is 2.95. The van der Waals surface area contributed by atoms with Gasteiger partial charge in [0.15, 0.2) is 11.5 Å². The first-order valence-electron chi connectivity index (χ1n) is 10.1. The highest BCUT2D eigenvalue weighted by Gasteiger charge is 2.18. The molecule has 4 aromatic rings. The molecule has 2 heterocycles.